The summed E-state index contributed by atoms with van der Waals surface area (Å²) < 4.78 is 27.4. The highest BCUT2D eigenvalue weighted by molar-refractivity contribution is 7.91. The SMILES string of the molecule is CCNc1nc(C)cc(NCCNS(=O)(=O)c2ccc(CC)s2)n1. The van der Waals surface area contributed by atoms with E-state index >= 15 is 0 Å². The molecule has 7 nitrogen and oxygen atoms in total. The minimum absolute atomic E-state index is 0.279. The van der Waals surface area contributed by atoms with Gasteiger partial charge >= 0.3 is 0 Å². The maximum absolute atomic E-state index is 12.2. The second-order valence-electron chi connectivity index (χ2n) is 5.15. The van der Waals surface area contributed by atoms with Crippen molar-refractivity contribution in [3.8, 4) is 0 Å². The molecular formula is C15H23N5O2S2. The first-order valence-electron chi connectivity index (χ1n) is 7.86. The zero-order valence-electron chi connectivity index (χ0n) is 14.1. The number of rotatable bonds is 9. The summed E-state index contributed by atoms with van der Waals surface area (Å²) in [5.74, 6) is 1.23. The van der Waals surface area contributed by atoms with Crippen molar-refractivity contribution in [1.29, 1.82) is 0 Å². The molecule has 2 rings (SSSR count). The summed E-state index contributed by atoms with van der Waals surface area (Å²) >= 11 is 1.30. The molecule has 9 heteroatoms. The number of nitrogens with zero attached hydrogens (tertiary/aromatic N) is 2. The summed E-state index contributed by atoms with van der Waals surface area (Å²) in [5.41, 5.74) is 0.842. The van der Waals surface area contributed by atoms with Crippen molar-refractivity contribution in [3.63, 3.8) is 0 Å². The van der Waals surface area contributed by atoms with E-state index in [1.165, 1.54) is 11.3 Å². The lowest BCUT2D eigenvalue weighted by atomic mass is 10.4. The summed E-state index contributed by atoms with van der Waals surface area (Å²) in [6.07, 6.45) is 0.836. The first-order chi connectivity index (χ1) is 11.4. The van der Waals surface area contributed by atoms with Crippen molar-refractivity contribution in [2.45, 2.75) is 31.4 Å². The van der Waals surface area contributed by atoms with E-state index in [0.29, 0.717) is 22.5 Å². The van der Waals surface area contributed by atoms with E-state index in [4.69, 9.17) is 0 Å². The molecule has 2 heterocycles. The van der Waals surface area contributed by atoms with Gasteiger partial charge in [0.05, 0.1) is 0 Å². The fourth-order valence-corrected chi connectivity index (χ4v) is 4.41. The van der Waals surface area contributed by atoms with Gasteiger partial charge in [0, 0.05) is 36.3 Å². The molecule has 0 saturated heterocycles. The Bertz CT molecular complexity index is 774. The number of hydrogen-bond donors (Lipinski definition) is 3. The number of anilines is 2. The van der Waals surface area contributed by atoms with Gasteiger partial charge < -0.3 is 10.6 Å². The average molecular weight is 370 g/mol. The van der Waals surface area contributed by atoms with Gasteiger partial charge in [-0.25, -0.2) is 18.1 Å². The number of thiophene rings is 1. The van der Waals surface area contributed by atoms with Gasteiger partial charge in [0.15, 0.2) is 0 Å². The van der Waals surface area contributed by atoms with Crippen molar-refractivity contribution in [2.24, 2.45) is 0 Å². The molecule has 0 atom stereocenters. The second kappa shape index (κ2) is 8.41. The topological polar surface area (TPSA) is 96.0 Å². The lowest BCUT2D eigenvalue weighted by Gasteiger charge is -2.09. The largest absolute Gasteiger partial charge is 0.369 e. The van der Waals surface area contributed by atoms with Crippen molar-refractivity contribution < 1.29 is 8.42 Å². The summed E-state index contributed by atoms with van der Waals surface area (Å²) in [5, 5.41) is 6.17. The minimum Gasteiger partial charge on any atom is -0.369 e. The summed E-state index contributed by atoms with van der Waals surface area (Å²) in [7, 11) is -3.45. The smallest absolute Gasteiger partial charge is 0.250 e. The van der Waals surface area contributed by atoms with Gasteiger partial charge in [0.25, 0.3) is 0 Å². The number of nitrogens with one attached hydrogen (secondary N) is 3. The fourth-order valence-electron chi connectivity index (χ4n) is 2.04. The third-order valence-electron chi connectivity index (χ3n) is 3.16. The number of hydrogen-bond acceptors (Lipinski definition) is 7. The van der Waals surface area contributed by atoms with E-state index in [2.05, 4.69) is 25.3 Å². The Kier molecular flexibility index (Phi) is 6.52. The third-order valence-corrected chi connectivity index (χ3v) is 6.35. The molecule has 0 saturated carbocycles. The van der Waals surface area contributed by atoms with Gasteiger partial charge in [-0.2, -0.15) is 4.98 Å². The molecule has 0 aromatic carbocycles. The zero-order chi connectivity index (χ0) is 17.6. The molecule has 24 heavy (non-hydrogen) atoms. The Morgan fingerprint density at radius 1 is 1.12 bits per heavy atom. The highest BCUT2D eigenvalue weighted by atomic mass is 32.2. The van der Waals surface area contributed by atoms with Crippen LogP contribution < -0.4 is 15.4 Å². The van der Waals surface area contributed by atoms with Crippen LogP contribution >= 0.6 is 11.3 Å². The van der Waals surface area contributed by atoms with Gasteiger partial charge in [0.2, 0.25) is 16.0 Å². The Morgan fingerprint density at radius 3 is 2.58 bits per heavy atom. The second-order valence-corrected chi connectivity index (χ2v) is 8.31. The predicted molar refractivity (Wildman–Crippen MR) is 98.3 cm³/mol. The summed E-state index contributed by atoms with van der Waals surface area (Å²) in [4.78, 5) is 9.65. The Hall–Kier alpha value is -1.71. The van der Waals surface area contributed by atoms with E-state index in [1.54, 1.807) is 6.07 Å². The lowest BCUT2D eigenvalue weighted by molar-refractivity contribution is 0.585. The van der Waals surface area contributed by atoms with Crippen LogP contribution in [0.2, 0.25) is 0 Å². The van der Waals surface area contributed by atoms with Gasteiger partial charge in [-0.3, -0.25) is 0 Å². The molecule has 0 bridgehead atoms. The molecule has 0 amide bonds. The van der Waals surface area contributed by atoms with Crippen LogP contribution in [-0.2, 0) is 16.4 Å². The predicted octanol–water partition coefficient (Wildman–Crippen LogP) is 2.23. The first kappa shape index (κ1) is 18.6. The quantitative estimate of drug-likeness (QED) is 0.587. The minimum atomic E-state index is -3.45. The van der Waals surface area contributed by atoms with E-state index < -0.39 is 10.0 Å². The van der Waals surface area contributed by atoms with Crippen molar-refractivity contribution in [1.82, 2.24) is 14.7 Å². The maximum atomic E-state index is 12.2. The molecule has 132 valence electrons. The molecule has 3 N–H and O–H groups in total. The molecule has 0 aliphatic carbocycles. The standard InChI is InChI=1S/C15H23N5O2S2/c1-4-12-6-7-14(23-12)24(21,22)18-9-8-17-13-10-11(3)19-15(20-13)16-5-2/h6-7,10,18H,4-5,8-9H2,1-3H3,(H2,16,17,19,20). The lowest BCUT2D eigenvalue weighted by Crippen LogP contribution is -2.28. The molecule has 0 spiro atoms. The molecule has 0 aliphatic heterocycles. The van der Waals surface area contributed by atoms with Gasteiger partial charge in [0.1, 0.15) is 10.0 Å². The first-order valence-corrected chi connectivity index (χ1v) is 10.2. The van der Waals surface area contributed by atoms with Crippen LogP contribution in [0, 0.1) is 6.92 Å². The van der Waals surface area contributed by atoms with Gasteiger partial charge in [-0.05, 0) is 32.4 Å². The highest BCUT2D eigenvalue weighted by Gasteiger charge is 2.15. The van der Waals surface area contributed by atoms with Crippen molar-refractivity contribution in [3.05, 3.63) is 28.8 Å². The molecule has 2 aromatic rings. The Balaban J connectivity index is 1.88. The van der Waals surface area contributed by atoms with Crippen molar-refractivity contribution >= 4 is 33.1 Å². The van der Waals surface area contributed by atoms with Crippen LogP contribution in [0.5, 0.6) is 0 Å². The van der Waals surface area contributed by atoms with E-state index in [9.17, 15) is 8.42 Å². The third kappa shape index (κ3) is 5.15. The monoisotopic (exact) mass is 369 g/mol. The van der Waals surface area contributed by atoms with Crippen LogP contribution in [0.15, 0.2) is 22.4 Å². The maximum Gasteiger partial charge on any atom is 0.250 e. The van der Waals surface area contributed by atoms with E-state index in [0.717, 1.165) is 23.5 Å². The van der Waals surface area contributed by atoms with Gasteiger partial charge in [-0.1, -0.05) is 6.92 Å². The van der Waals surface area contributed by atoms with Crippen molar-refractivity contribution in [2.75, 3.05) is 30.3 Å². The number of aryl methyl sites for hydroxylation is 2. The highest BCUT2D eigenvalue weighted by Crippen LogP contribution is 2.21. The van der Waals surface area contributed by atoms with E-state index in [1.807, 2.05) is 32.9 Å². The zero-order valence-corrected chi connectivity index (χ0v) is 15.7. The van der Waals surface area contributed by atoms with E-state index in [-0.39, 0.29) is 6.54 Å². The number of sulfonamides is 1. The summed E-state index contributed by atoms with van der Waals surface area (Å²) in [6.45, 7) is 7.32. The molecule has 0 radical (unpaired) electrons. The molecule has 2 aromatic heterocycles. The van der Waals surface area contributed by atoms with Crippen LogP contribution in [-0.4, -0.2) is 38.0 Å². The van der Waals surface area contributed by atoms with Crippen LogP contribution in [0.3, 0.4) is 0 Å². The van der Waals surface area contributed by atoms with Crippen LogP contribution in [0.4, 0.5) is 11.8 Å². The Labute approximate surface area is 147 Å². The molecule has 0 unspecified atom stereocenters. The van der Waals surface area contributed by atoms with Crippen LogP contribution in [0.25, 0.3) is 0 Å². The Morgan fingerprint density at radius 2 is 1.92 bits per heavy atom. The molecular weight excluding hydrogens is 346 g/mol. The fraction of sp³-hybridized carbons (Fsp3) is 0.467. The molecule has 0 fully saturated rings. The summed E-state index contributed by atoms with van der Waals surface area (Å²) in [6, 6.07) is 5.32. The number of aromatic nitrogens is 2. The average Bonchev–Trinajstić information content (AvgIpc) is 3.01. The van der Waals surface area contributed by atoms with Gasteiger partial charge in [-0.15, -0.1) is 11.3 Å². The molecule has 0 aliphatic rings. The normalized spacial score (nSPS) is 11.5. The van der Waals surface area contributed by atoms with Crippen LogP contribution in [0.1, 0.15) is 24.4 Å².